The molecule has 2 rings (SSSR count). The second-order valence-electron chi connectivity index (χ2n) is 4.07. The molecule has 0 atom stereocenters. The molecule has 0 saturated heterocycles. The van der Waals surface area contributed by atoms with Gasteiger partial charge in [0.05, 0.1) is 5.69 Å². The van der Waals surface area contributed by atoms with E-state index in [9.17, 15) is 9.59 Å². The van der Waals surface area contributed by atoms with Gasteiger partial charge in [-0.25, -0.2) is 9.69 Å². The molecule has 1 aromatic rings. The summed E-state index contributed by atoms with van der Waals surface area (Å²) in [5.41, 5.74) is 13.4. The maximum atomic E-state index is 11.6. The number of primary amides is 1. The van der Waals surface area contributed by atoms with Crippen molar-refractivity contribution in [2.24, 2.45) is 11.5 Å². The Morgan fingerprint density at radius 3 is 2.76 bits per heavy atom. The van der Waals surface area contributed by atoms with E-state index < -0.39 is 6.03 Å². The quantitative estimate of drug-likeness (QED) is 0.781. The predicted octanol–water partition coefficient (Wildman–Crippen LogP) is 0.546. The Balaban J connectivity index is 2.40. The second-order valence-corrected chi connectivity index (χ2v) is 4.07. The van der Waals surface area contributed by atoms with Crippen molar-refractivity contribution in [2.75, 3.05) is 11.4 Å². The number of rotatable bonds is 2. The third-order valence-corrected chi connectivity index (χ3v) is 2.90. The number of hydrogen-bond acceptors (Lipinski definition) is 3. The lowest BCUT2D eigenvalue weighted by molar-refractivity contribution is -0.118. The number of aryl methyl sites for hydroxylation is 1. The minimum absolute atomic E-state index is 0.239. The van der Waals surface area contributed by atoms with Crippen molar-refractivity contribution in [1.82, 2.24) is 0 Å². The number of hydrogen-bond donors (Lipinski definition) is 2. The summed E-state index contributed by atoms with van der Waals surface area (Å²) in [5.74, 6) is -0.239. The average molecular weight is 233 g/mol. The molecule has 90 valence electrons. The Labute approximate surface area is 99.4 Å². The van der Waals surface area contributed by atoms with Gasteiger partial charge < -0.3 is 11.5 Å². The summed E-state index contributed by atoms with van der Waals surface area (Å²) in [5, 5.41) is 0. The zero-order chi connectivity index (χ0) is 12.4. The van der Waals surface area contributed by atoms with E-state index >= 15 is 0 Å². The van der Waals surface area contributed by atoms with Crippen molar-refractivity contribution in [1.29, 1.82) is 0 Å². The number of nitrogens with zero attached hydrogens (tertiary/aromatic N) is 1. The smallest absolute Gasteiger partial charge is 0.326 e. The monoisotopic (exact) mass is 233 g/mol. The van der Waals surface area contributed by atoms with E-state index in [0.717, 1.165) is 22.4 Å². The van der Waals surface area contributed by atoms with E-state index in [4.69, 9.17) is 11.5 Å². The largest absolute Gasteiger partial charge is 0.351 e. The first kappa shape index (κ1) is 11.6. The number of urea groups is 1. The van der Waals surface area contributed by atoms with Crippen LogP contribution in [0.4, 0.5) is 10.5 Å². The third-order valence-electron chi connectivity index (χ3n) is 2.90. The van der Waals surface area contributed by atoms with Crippen LogP contribution in [0.15, 0.2) is 18.2 Å². The number of amides is 3. The lowest BCUT2D eigenvalue weighted by Crippen LogP contribution is -2.43. The van der Waals surface area contributed by atoms with E-state index in [0.29, 0.717) is 25.1 Å². The standard InChI is InChI=1S/C12H15N3O2/c13-6-5-8-1-3-10-9(7-8)2-4-11(16)15(10)12(14)17/h1,3,7H,2,4-6,13H2,(H2,14,17). The van der Waals surface area contributed by atoms with E-state index in [-0.39, 0.29) is 5.91 Å². The summed E-state index contributed by atoms with van der Waals surface area (Å²) in [6, 6.07) is 4.91. The Morgan fingerprint density at radius 1 is 1.35 bits per heavy atom. The maximum absolute atomic E-state index is 11.6. The van der Waals surface area contributed by atoms with Crippen LogP contribution in [0, 0.1) is 0 Å². The van der Waals surface area contributed by atoms with Crippen LogP contribution in [0.25, 0.3) is 0 Å². The Hall–Kier alpha value is -1.88. The van der Waals surface area contributed by atoms with Crippen LogP contribution in [-0.2, 0) is 17.6 Å². The van der Waals surface area contributed by atoms with Crippen molar-refractivity contribution >= 4 is 17.6 Å². The molecule has 0 spiro atoms. The molecular weight excluding hydrogens is 218 g/mol. The van der Waals surface area contributed by atoms with Crippen molar-refractivity contribution in [2.45, 2.75) is 19.3 Å². The summed E-state index contributed by atoms with van der Waals surface area (Å²) in [6.07, 6.45) is 1.76. The fourth-order valence-corrected chi connectivity index (χ4v) is 2.11. The van der Waals surface area contributed by atoms with E-state index in [1.165, 1.54) is 0 Å². The Bertz CT molecular complexity index is 471. The molecule has 1 aliphatic rings. The minimum atomic E-state index is -0.720. The van der Waals surface area contributed by atoms with Crippen LogP contribution in [-0.4, -0.2) is 18.5 Å². The summed E-state index contributed by atoms with van der Waals surface area (Å²) in [6.45, 7) is 0.581. The molecule has 3 amide bonds. The number of anilines is 1. The molecule has 1 aromatic carbocycles. The summed E-state index contributed by atoms with van der Waals surface area (Å²) >= 11 is 0. The third kappa shape index (κ3) is 2.14. The van der Waals surface area contributed by atoms with Crippen molar-refractivity contribution in [3.63, 3.8) is 0 Å². The first-order valence-corrected chi connectivity index (χ1v) is 5.57. The zero-order valence-electron chi connectivity index (χ0n) is 9.48. The molecule has 0 saturated carbocycles. The molecule has 17 heavy (non-hydrogen) atoms. The molecule has 1 heterocycles. The van der Waals surface area contributed by atoms with Gasteiger partial charge in [-0.2, -0.15) is 0 Å². The Kier molecular flexibility index (Phi) is 3.10. The first-order valence-electron chi connectivity index (χ1n) is 5.57. The molecule has 0 fully saturated rings. The van der Waals surface area contributed by atoms with Crippen molar-refractivity contribution < 1.29 is 9.59 Å². The van der Waals surface area contributed by atoms with Crippen LogP contribution >= 0.6 is 0 Å². The molecule has 0 aliphatic carbocycles. The maximum Gasteiger partial charge on any atom is 0.326 e. The highest BCUT2D eigenvalue weighted by molar-refractivity contribution is 6.15. The van der Waals surface area contributed by atoms with Gasteiger partial charge in [0.1, 0.15) is 0 Å². The highest BCUT2D eigenvalue weighted by Gasteiger charge is 2.27. The highest BCUT2D eigenvalue weighted by Crippen LogP contribution is 2.28. The molecule has 1 aliphatic heterocycles. The highest BCUT2D eigenvalue weighted by atomic mass is 16.2. The van der Waals surface area contributed by atoms with Crippen LogP contribution in [0.5, 0.6) is 0 Å². The second kappa shape index (κ2) is 4.55. The zero-order valence-corrected chi connectivity index (χ0v) is 9.48. The molecule has 4 N–H and O–H groups in total. The summed E-state index contributed by atoms with van der Waals surface area (Å²) < 4.78 is 0. The lowest BCUT2D eigenvalue weighted by Gasteiger charge is -2.26. The normalized spacial score (nSPS) is 14.6. The van der Waals surface area contributed by atoms with Gasteiger partial charge in [0.15, 0.2) is 0 Å². The van der Waals surface area contributed by atoms with Crippen molar-refractivity contribution in [3.8, 4) is 0 Å². The molecule has 5 nitrogen and oxygen atoms in total. The van der Waals surface area contributed by atoms with Crippen LogP contribution in [0.2, 0.25) is 0 Å². The van der Waals surface area contributed by atoms with E-state index in [1.807, 2.05) is 12.1 Å². The molecule has 0 aromatic heterocycles. The van der Waals surface area contributed by atoms with Crippen molar-refractivity contribution in [3.05, 3.63) is 29.3 Å². The summed E-state index contributed by atoms with van der Waals surface area (Å²) in [7, 11) is 0. The van der Waals surface area contributed by atoms with Gasteiger partial charge in [-0.1, -0.05) is 12.1 Å². The number of benzene rings is 1. The van der Waals surface area contributed by atoms with E-state index in [2.05, 4.69) is 0 Å². The average Bonchev–Trinajstić information content (AvgIpc) is 2.29. The van der Waals surface area contributed by atoms with Crippen LogP contribution in [0.3, 0.4) is 0 Å². The first-order chi connectivity index (χ1) is 8.13. The number of carbonyl (C=O) groups is 2. The molecular formula is C12H15N3O2. The summed E-state index contributed by atoms with van der Waals surface area (Å²) in [4.78, 5) is 23.9. The van der Waals surface area contributed by atoms with Crippen LogP contribution < -0.4 is 16.4 Å². The van der Waals surface area contributed by atoms with Gasteiger partial charge in [0.2, 0.25) is 5.91 Å². The van der Waals surface area contributed by atoms with Gasteiger partial charge in [-0.05, 0) is 36.6 Å². The van der Waals surface area contributed by atoms with Crippen LogP contribution in [0.1, 0.15) is 17.5 Å². The fraction of sp³-hybridized carbons (Fsp3) is 0.333. The molecule has 5 heteroatoms. The van der Waals surface area contributed by atoms with Gasteiger partial charge in [-0.15, -0.1) is 0 Å². The Morgan fingerprint density at radius 2 is 2.12 bits per heavy atom. The fourth-order valence-electron chi connectivity index (χ4n) is 2.11. The topological polar surface area (TPSA) is 89.4 Å². The number of fused-ring (bicyclic) bond motifs is 1. The van der Waals surface area contributed by atoms with Gasteiger partial charge in [-0.3, -0.25) is 4.79 Å². The molecule has 0 bridgehead atoms. The molecule has 0 unspecified atom stereocenters. The van der Waals surface area contributed by atoms with E-state index in [1.54, 1.807) is 6.07 Å². The SMILES string of the molecule is NCCc1ccc2c(c1)CCC(=O)N2C(N)=O. The van der Waals surface area contributed by atoms with Gasteiger partial charge in [0.25, 0.3) is 0 Å². The van der Waals surface area contributed by atoms with Gasteiger partial charge >= 0.3 is 6.03 Å². The predicted molar refractivity (Wildman–Crippen MR) is 64.6 cm³/mol. The number of nitrogens with two attached hydrogens (primary N) is 2. The lowest BCUT2D eigenvalue weighted by atomic mass is 9.98. The number of carbonyl (C=O) groups excluding carboxylic acids is 2. The molecule has 0 radical (unpaired) electrons. The van der Waals surface area contributed by atoms with Gasteiger partial charge in [0, 0.05) is 6.42 Å². The minimum Gasteiger partial charge on any atom is -0.351 e. The number of imide groups is 1.